The van der Waals surface area contributed by atoms with Crippen LogP contribution < -0.4 is 5.56 Å². The Morgan fingerprint density at radius 1 is 1.18 bits per heavy atom. The Balaban J connectivity index is 0.000000470. The molecule has 212 valence electrons. The summed E-state index contributed by atoms with van der Waals surface area (Å²) in [4.78, 5) is 38.3. The summed E-state index contributed by atoms with van der Waals surface area (Å²) in [6.45, 7) is 2.85. The van der Waals surface area contributed by atoms with E-state index < -0.39 is 12.1 Å². The number of nitrogens with one attached hydrogen (secondary N) is 1. The lowest BCUT2D eigenvalue weighted by molar-refractivity contribution is -0.192. The molecule has 2 N–H and O–H groups in total. The fourth-order valence-electron chi connectivity index (χ4n) is 3.81. The van der Waals surface area contributed by atoms with Crippen molar-refractivity contribution < 1.29 is 27.6 Å². The third kappa shape index (κ3) is 6.70. The van der Waals surface area contributed by atoms with E-state index in [9.17, 15) is 18.0 Å². The number of nitrogens with zero attached hydrogens (tertiary/aromatic N) is 8. The van der Waals surface area contributed by atoms with Crippen LogP contribution in [0.15, 0.2) is 38.4 Å². The summed E-state index contributed by atoms with van der Waals surface area (Å²) in [5.74, 6) is -0.689. The highest BCUT2D eigenvalue weighted by atomic mass is 79.9. The van der Waals surface area contributed by atoms with Crippen LogP contribution in [-0.4, -0.2) is 61.5 Å². The smallest absolute Gasteiger partial charge is 0.475 e. The lowest BCUT2D eigenvalue weighted by Crippen LogP contribution is -2.21. The van der Waals surface area contributed by atoms with Gasteiger partial charge in [0.2, 0.25) is 11.7 Å². The van der Waals surface area contributed by atoms with E-state index in [1.807, 2.05) is 22.8 Å². The van der Waals surface area contributed by atoms with Crippen LogP contribution in [0.2, 0.25) is 0 Å². The molecule has 5 heterocycles. The number of alkyl halides is 3. The number of carboxylic acids is 1. The Hall–Kier alpha value is -4.15. The standard InChI is InChI=1S/C21H22BrN9O2.C2HF3O2/c1-2-3-6-11-30-18-17(25-20(22)26-18)19(32)31-15(27-28-21(30)31)8-9-16-24-14(29-33-16)12-13-7-4-5-10-23-13;3-2(4,5)1(6)7/h4-5,7,10H,2-3,6,8-9,11-12H2,1H3,(H,25,26);(H,6,7). The number of carbonyl (C=O) groups is 1. The molecule has 0 amide bonds. The minimum Gasteiger partial charge on any atom is -0.475 e. The number of aryl methyl sites for hydroxylation is 3. The monoisotopic (exact) mass is 625 g/mol. The van der Waals surface area contributed by atoms with Crippen LogP contribution in [0.3, 0.4) is 0 Å². The van der Waals surface area contributed by atoms with E-state index in [1.165, 1.54) is 0 Å². The molecule has 5 aromatic rings. The topological polar surface area (TPSA) is 170 Å². The molecule has 0 fully saturated rings. The van der Waals surface area contributed by atoms with E-state index in [0.29, 0.717) is 65.0 Å². The minimum absolute atomic E-state index is 0.230. The summed E-state index contributed by atoms with van der Waals surface area (Å²) < 4.78 is 41.1. The molecule has 13 nitrogen and oxygen atoms in total. The number of fused-ring (bicyclic) bond motifs is 2. The van der Waals surface area contributed by atoms with Crippen molar-refractivity contribution in [1.29, 1.82) is 0 Å². The predicted octanol–water partition coefficient (Wildman–Crippen LogP) is 3.51. The molecule has 0 aliphatic rings. The van der Waals surface area contributed by atoms with Crippen molar-refractivity contribution in [2.24, 2.45) is 0 Å². The van der Waals surface area contributed by atoms with Gasteiger partial charge in [0.1, 0.15) is 5.82 Å². The first-order valence-corrected chi connectivity index (χ1v) is 12.9. The molecule has 17 heteroatoms. The second-order valence-corrected chi connectivity index (χ2v) is 9.30. The molecule has 0 aliphatic heterocycles. The second kappa shape index (κ2) is 12.4. The van der Waals surface area contributed by atoms with Gasteiger partial charge in [-0.15, -0.1) is 10.2 Å². The molecule has 0 saturated heterocycles. The average Bonchev–Trinajstić information content (AvgIpc) is 3.64. The van der Waals surface area contributed by atoms with Crippen molar-refractivity contribution in [1.82, 2.24) is 44.3 Å². The number of aliphatic carboxylic acids is 1. The highest BCUT2D eigenvalue weighted by Crippen LogP contribution is 2.17. The zero-order valence-corrected chi connectivity index (χ0v) is 22.6. The number of rotatable bonds is 9. The summed E-state index contributed by atoms with van der Waals surface area (Å²) >= 11 is 3.35. The maximum Gasteiger partial charge on any atom is 0.490 e. The molecule has 40 heavy (non-hydrogen) atoms. The maximum atomic E-state index is 13.2. The third-order valence-electron chi connectivity index (χ3n) is 5.65. The number of H-pyrrole nitrogens is 1. The van der Waals surface area contributed by atoms with Crippen molar-refractivity contribution in [3.05, 3.63) is 62.7 Å². The lowest BCUT2D eigenvalue weighted by atomic mass is 10.2. The van der Waals surface area contributed by atoms with Gasteiger partial charge in [0.25, 0.3) is 5.56 Å². The van der Waals surface area contributed by atoms with Gasteiger partial charge >= 0.3 is 12.1 Å². The SMILES string of the molecule is CCCCCn1c2nc(Br)[nH]c2c(=O)n2c(CCc3nc(Cc4ccccn4)no3)nnc12.O=C(O)C(F)(F)F. The number of halogens is 4. The van der Waals surface area contributed by atoms with Crippen LogP contribution in [0.4, 0.5) is 13.2 Å². The number of hydrogen-bond donors (Lipinski definition) is 2. The minimum atomic E-state index is -5.08. The van der Waals surface area contributed by atoms with Gasteiger partial charge < -0.3 is 14.6 Å². The van der Waals surface area contributed by atoms with E-state index in [1.54, 1.807) is 10.6 Å². The maximum absolute atomic E-state index is 13.2. The molecule has 0 unspecified atom stereocenters. The lowest BCUT2D eigenvalue weighted by Gasteiger charge is -2.09. The Kier molecular flexibility index (Phi) is 8.91. The average molecular weight is 626 g/mol. The molecular weight excluding hydrogens is 603 g/mol. The van der Waals surface area contributed by atoms with Crippen LogP contribution >= 0.6 is 15.9 Å². The molecular formula is C23H23BrF3N9O4. The fourth-order valence-corrected chi connectivity index (χ4v) is 4.18. The van der Waals surface area contributed by atoms with E-state index in [4.69, 9.17) is 14.4 Å². The molecule has 0 aliphatic carbocycles. The number of imidazole rings is 1. The van der Waals surface area contributed by atoms with Crippen LogP contribution in [0.25, 0.3) is 16.9 Å². The fraction of sp³-hybridized carbons (Fsp3) is 0.391. The second-order valence-electron chi connectivity index (χ2n) is 8.55. The Morgan fingerprint density at radius 3 is 2.62 bits per heavy atom. The van der Waals surface area contributed by atoms with Gasteiger partial charge in [0.15, 0.2) is 21.7 Å². The van der Waals surface area contributed by atoms with Crippen molar-refractivity contribution in [3.8, 4) is 0 Å². The van der Waals surface area contributed by atoms with Gasteiger partial charge in [-0.1, -0.05) is 31.0 Å². The first kappa shape index (κ1) is 28.8. The number of hydrogen-bond acceptors (Lipinski definition) is 9. The van der Waals surface area contributed by atoms with Gasteiger partial charge in [-0.2, -0.15) is 18.2 Å². The van der Waals surface area contributed by atoms with E-state index in [0.717, 1.165) is 25.0 Å². The highest BCUT2D eigenvalue weighted by Gasteiger charge is 2.38. The first-order chi connectivity index (χ1) is 19.1. The van der Waals surface area contributed by atoms with Crippen LogP contribution in [0, 0.1) is 0 Å². The number of aromatic nitrogens is 9. The van der Waals surface area contributed by atoms with Crippen LogP contribution in [0.5, 0.6) is 0 Å². The number of aromatic amines is 1. The number of pyridine rings is 1. The van der Waals surface area contributed by atoms with Gasteiger partial charge in [-0.3, -0.25) is 14.3 Å². The molecule has 5 aromatic heterocycles. The molecule has 0 saturated carbocycles. The molecule has 0 spiro atoms. The zero-order valence-electron chi connectivity index (χ0n) is 21.0. The summed E-state index contributed by atoms with van der Waals surface area (Å²) in [5.41, 5.74) is 1.63. The quantitative estimate of drug-likeness (QED) is 0.182. The molecule has 0 aromatic carbocycles. The normalized spacial score (nSPS) is 11.6. The van der Waals surface area contributed by atoms with E-state index in [-0.39, 0.29) is 5.56 Å². The summed E-state index contributed by atoms with van der Waals surface area (Å²) in [5, 5.41) is 19.8. The Labute approximate surface area is 231 Å². The van der Waals surface area contributed by atoms with Crippen molar-refractivity contribution in [3.63, 3.8) is 0 Å². The Morgan fingerprint density at radius 2 is 1.95 bits per heavy atom. The summed E-state index contributed by atoms with van der Waals surface area (Å²) in [6.07, 6.45) is 1.13. The summed E-state index contributed by atoms with van der Waals surface area (Å²) in [6, 6.07) is 5.70. The number of carboxylic acid groups (broad SMARTS) is 1. The van der Waals surface area contributed by atoms with Gasteiger partial charge in [-0.25, -0.2) is 14.2 Å². The largest absolute Gasteiger partial charge is 0.490 e. The van der Waals surface area contributed by atoms with Crippen molar-refractivity contribution >= 4 is 38.8 Å². The van der Waals surface area contributed by atoms with Crippen LogP contribution in [0.1, 0.15) is 49.4 Å². The van der Waals surface area contributed by atoms with Crippen molar-refractivity contribution in [2.45, 2.75) is 58.2 Å². The van der Waals surface area contributed by atoms with E-state index >= 15 is 0 Å². The van der Waals surface area contributed by atoms with Gasteiger partial charge in [-0.05, 0) is 34.5 Å². The predicted molar refractivity (Wildman–Crippen MR) is 137 cm³/mol. The summed E-state index contributed by atoms with van der Waals surface area (Å²) in [7, 11) is 0. The molecule has 0 bridgehead atoms. The molecule has 0 radical (unpaired) electrons. The first-order valence-electron chi connectivity index (χ1n) is 12.1. The zero-order chi connectivity index (χ0) is 28.9. The van der Waals surface area contributed by atoms with Crippen LogP contribution in [-0.2, 0) is 30.6 Å². The molecule has 5 rings (SSSR count). The third-order valence-corrected chi connectivity index (χ3v) is 6.02. The van der Waals surface area contributed by atoms with Crippen molar-refractivity contribution in [2.75, 3.05) is 0 Å². The van der Waals surface area contributed by atoms with E-state index in [2.05, 4.69) is 58.1 Å². The Bertz CT molecular complexity index is 1660. The number of unbranched alkanes of at least 4 members (excludes halogenated alkanes) is 2. The molecule has 0 atom stereocenters. The highest BCUT2D eigenvalue weighted by molar-refractivity contribution is 9.10. The van der Waals surface area contributed by atoms with Gasteiger partial charge in [0, 0.05) is 31.3 Å². The van der Waals surface area contributed by atoms with Gasteiger partial charge in [0.05, 0.1) is 6.42 Å².